The quantitative estimate of drug-likeness (QED) is 0.620. The smallest absolute Gasteiger partial charge is 0.413 e. The SMILES string of the molecule is C=CCNS(=O)(=O)c1cc(C(=O)Nc2ccc(N(C)C(=O)OCC)cc2)ccc1F. The summed E-state index contributed by atoms with van der Waals surface area (Å²) in [6.07, 6.45) is 0.800. The highest BCUT2D eigenvalue weighted by Gasteiger charge is 2.21. The Bertz CT molecular complexity index is 1040. The van der Waals surface area contributed by atoms with Crippen LogP contribution >= 0.6 is 0 Å². The summed E-state index contributed by atoms with van der Waals surface area (Å²) < 4.78 is 45.4. The Kier molecular flexibility index (Phi) is 7.67. The highest BCUT2D eigenvalue weighted by Crippen LogP contribution is 2.20. The second kappa shape index (κ2) is 9.99. The number of ether oxygens (including phenoxy) is 1. The van der Waals surface area contributed by atoms with Gasteiger partial charge in [-0.05, 0) is 49.4 Å². The van der Waals surface area contributed by atoms with Gasteiger partial charge in [0.25, 0.3) is 5.91 Å². The molecule has 10 heteroatoms. The molecule has 0 aliphatic rings. The fraction of sp³-hybridized carbons (Fsp3) is 0.200. The lowest BCUT2D eigenvalue weighted by atomic mass is 10.2. The molecule has 0 aromatic heterocycles. The third-order valence-electron chi connectivity index (χ3n) is 3.95. The van der Waals surface area contributed by atoms with Crippen molar-refractivity contribution < 1.29 is 27.1 Å². The summed E-state index contributed by atoms with van der Waals surface area (Å²) >= 11 is 0. The zero-order valence-corrected chi connectivity index (χ0v) is 17.3. The maximum absolute atomic E-state index is 14.0. The van der Waals surface area contributed by atoms with Gasteiger partial charge in [0.05, 0.1) is 6.61 Å². The van der Waals surface area contributed by atoms with Crippen LogP contribution in [0.25, 0.3) is 0 Å². The van der Waals surface area contributed by atoms with E-state index in [1.165, 1.54) is 17.0 Å². The van der Waals surface area contributed by atoms with Gasteiger partial charge in [-0.3, -0.25) is 9.69 Å². The molecule has 0 aliphatic carbocycles. The van der Waals surface area contributed by atoms with Crippen LogP contribution in [0.5, 0.6) is 0 Å². The summed E-state index contributed by atoms with van der Waals surface area (Å²) in [5.74, 6) is -1.60. The van der Waals surface area contributed by atoms with E-state index < -0.39 is 32.7 Å². The van der Waals surface area contributed by atoms with Gasteiger partial charge in [0, 0.05) is 30.5 Å². The number of amides is 2. The van der Waals surface area contributed by atoms with Crippen LogP contribution < -0.4 is 14.9 Å². The van der Waals surface area contributed by atoms with E-state index >= 15 is 0 Å². The van der Waals surface area contributed by atoms with Crippen molar-refractivity contribution in [3.63, 3.8) is 0 Å². The van der Waals surface area contributed by atoms with Crippen LogP contribution in [0.4, 0.5) is 20.6 Å². The van der Waals surface area contributed by atoms with E-state index in [1.807, 2.05) is 0 Å². The van der Waals surface area contributed by atoms with E-state index in [0.29, 0.717) is 11.4 Å². The number of carbonyl (C=O) groups excluding carboxylic acids is 2. The van der Waals surface area contributed by atoms with Crippen LogP contribution in [0.15, 0.2) is 60.0 Å². The zero-order valence-electron chi connectivity index (χ0n) is 16.5. The number of sulfonamides is 1. The third kappa shape index (κ3) is 5.65. The molecule has 0 fully saturated rings. The van der Waals surface area contributed by atoms with Crippen molar-refractivity contribution in [3.05, 3.63) is 66.5 Å². The average Bonchev–Trinajstić information content (AvgIpc) is 2.72. The molecule has 0 saturated heterocycles. The molecule has 0 atom stereocenters. The first-order valence-corrected chi connectivity index (χ1v) is 10.4. The number of hydrogen-bond donors (Lipinski definition) is 2. The van der Waals surface area contributed by atoms with Crippen LogP contribution in [0.3, 0.4) is 0 Å². The molecule has 0 bridgehead atoms. The predicted octanol–water partition coefficient (Wildman–Crippen LogP) is 3.14. The molecule has 0 radical (unpaired) electrons. The molecule has 2 amide bonds. The first kappa shape index (κ1) is 23.0. The van der Waals surface area contributed by atoms with E-state index in [9.17, 15) is 22.4 Å². The van der Waals surface area contributed by atoms with Gasteiger partial charge < -0.3 is 10.1 Å². The van der Waals surface area contributed by atoms with E-state index in [1.54, 1.807) is 38.2 Å². The second-order valence-electron chi connectivity index (χ2n) is 6.04. The summed E-state index contributed by atoms with van der Waals surface area (Å²) in [5.41, 5.74) is 0.914. The van der Waals surface area contributed by atoms with Gasteiger partial charge >= 0.3 is 6.09 Å². The van der Waals surface area contributed by atoms with E-state index in [4.69, 9.17) is 4.74 Å². The highest BCUT2D eigenvalue weighted by molar-refractivity contribution is 7.89. The monoisotopic (exact) mass is 435 g/mol. The minimum Gasteiger partial charge on any atom is -0.449 e. The Hall–Kier alpha value is -3.24. The molecular formula is C20H22FN3O5S. The summed E-state index contributed by atoms with van der Waals surface area (Å²) in [6, 6.07) is 9.39. The Labute approximate surface area is 174 Å². The van der Waals surface area contributed by atoms with Gasteiger partial charge in [0.1, 0.15) is 10.7 Å². The largest absolute Gasteiger partial charge is 0.449 e. The van der Waals surface area contributed by atoms with E-state index in [2.05, 4.69) is 16.6 Å². The lowest BCUT2D eigenvalue weighted by molar-refractivity contribution is 0.102. The standard InChI is InChI=1S/C20H22FN3O5S/c1-4-12-22-30(27,28)18-13-14(6-11-17(18)21)19(25)23-15-7-9-16(10-8-15)24(3)20(26)29-5-2/h4,6-11,13,22H,1,5,12H2,2-3H3,(H,23,25). The van der Waals surface area contributed by atoms with Crippen molar-refractivity contribution in [1.29, 1.82) is 0 Å². The molecule has 0 saturated carbocycles. The van der Waals surface area contributed by atoms with Gasteiger partial charge in [-0.1, -0.05) is 6.08 Å². The van der Waals surface area contributed by atoms with Crippen LogP contribution in [0.2, 0.25) is 0 Å². The molecule has 2 rings (SSSR count). The normalized spacial score (nSPS) is 10.9. The molecule has 2 aromatic rings. The molecule has 0 aliphatic heterocycles. The Morgan fingerprint density at radius 3 is 2.47 bits per heavy atom. The number of nitrogens with one attached hydrogen (secondary N) is 2. The molecule has 2 aromatic carbocycles. The summed E-state index contributed by atoms with van der Waals surface area (Å²) in [6.45, 7) is 5.26. The molecular weight excluding hydrogens is 413 g/mol. The van der Waals surface area contributed by atoms with Gasteiger partial charge in [-0.25, -0.2) is 22.3 Å². The summed E-state index contributed by atoms with van der Waals surface area (Å²) in [5, 5.41) is 2.59. The van der Waals surface area contributed by atoms with Crippen molar-refractivity contribution >= 4 is 33.4 Å². The molecule has 0 unspecified atom stereocenters. The molecule has 2 N–H and O–H groups in total. The minimum atomic E-state index is -4.14. The number of hydrogen-bond acceptors (Lipinski definition) is 5. The van der Waals surface area contributed by atoms with Gasteiger partial charge in [0.2, 0.25) is 10.0 Å². The van der Waals surface area contributed by atoms with Crippen molar-refractivity contribution in [1.82, 2.24) is 4.72 Å². The lowest BCUT2D eigenvalue weighted by Crippen LogP contribution is -2.26. The van der Waals surface area contributed by atoms with Crippen LogP contribution in [0.1, 0.15) is 17.3 Å². The average molecular weight is 435 g/mol. The fourth-order valence-electron chi connectivity index (χ4n) is 2.39. The van der Waals surface area contributed by atoms with E-state index in [0.717, 1.165) is 12.1 Å². The van der Waals surface area contributed by atoms with Crippen LogP contribution in [-0.2, 0) is 14.8 Å². The minimum absolute atomic E-state index is 0.0388. The number of rotatable bonds is 8. The maximum atomic E-state index is 14.0. The molecule has 30 heavy (non-hydrogen) atoms. The number of nitrogens with zero attached hydrogens (tertiary/aromatic N) is 1. The maximum Gasteiger partial charge on any atom is 0.413 e. The molecule has 8 nitrogen and oxygen atoms in total. The zero-order chi connectivity index (χ0) is 22.3. The van der Waals surface area contributed by atoms with Gasteiger partial charge in [0.15, 0.2) is 0 Å². The summed E-state index contributed by atoms with van der Waals surface area (Å²) in [7, 11) is -2.59. The first-order chi connectivity index (χ1) is 14.2. The third-order valence-corrected chi connectivity index (χ3v) is 5.39. The highest BCUT2D eigenvalue weighted by atomic mass is 32.2. The fourth-order valence-corrected chi connectivity index (χ4v) is 3.49. The molecule has 160 valence electrons. The number of halogens is 1. The number of anilines is 2. The summed E-state index contributed by atoms with van der Waals surface area (Å²) in [4.78, 5) is 24.9. The van der Waals surface area contributed by atoms with Crippen molar-refractivity contribution in [2.24, 2.45) is 0 Å². The Morgan fingerprint density at radius 2 is 1.87 bits per heavy atom. The Balaban J connectivity index is 2.17. The van der Waals surface area contributed by atoms with Gasteiger partial charge in [-0.15, -0.1) is 6.58 Å². The van der Waals surface area contributed by atoms with E-state index in [-0.39, 0.29) is 18.7 Å². The molecule has 0 spiro atoms. The first-order valence-electron chi connectivity index (χ1n) is 8.91. The predicted molar refractivity (Wildman–Crippen MR) is 112 cm³/mol. The van der Waals surface area contributed by atoms with Crippen molar-refractivity contribution in [3.8, 4) is 0 Å². The lowest BCUT2D eigenvalue weighted by Gasteiger charge is -2.17. The second-order valence-corrected chi connectivity index (χ2v) is 7.78. The molecule has 0 heterocycles. The topological polar surface area (TPSA) is 105 Å². The van der Waals surface area contributed by atoms with Crippen LogP contribution in [0, 0.1) is 5.82 Å². The number of benzene rings is 2. The number of carbonyl (C=O) groups is 2. The van der Waals surface area contributed by atoms with Gasteiger partial charge in [-0.2, -0.15) is 0 Å². The van der Waals surface area contributed by atoms with Crippen molar-refractivity contribution in [2.45, 2.75) is 11.8 Å². The Morgan fingerprint density at radius 1 is 1.20 bits per heavy atom. The van der Waals surface area contributed by atoms with Crippen LogP contribution in [-0.4, -0.2) is 40.6 Å². The van der Waals surface area contributed by atoms with Crippen molar-refractivity contribution in [2.75, 3.05) is 30.4 Å².